The second-order valence-electron chi connectivity index (χ2n) is 3.85. The van der Waals surface area contributed by atoms with Gasteiger partial charge in [-0.1, -0.05) is 13.3 Å². The predicted molar refractivity (Wildman–Crippen MR) is 61.0 cm³/mol. The monoisotopic (exact) mass is 242 g/mol. The molecule has 3 N–H and O–H groups in total. The van der Waals surface area contributed by atoms with Crippen molar-refractivity contribution in [3.05, 3.63) is 11.3 Å². The number of hydrogen-bond donors (Lipinski definition) is 2. The van der Waals surface area contributed by atoms with Gasteiger partial charge < -0.3 is 20.1 Å². The van der Waals surface area contributed by atoms with Crippen molar-refractivity contribution in [1.82, 2.24) is 5.16 Å². The number of methoxy groups -OCH3 is 1. The second-order valence-corrected chi connectivity index (χ2v) is 3.85. The van der Waals surface area contributed by atoms with Crippen LogP contribution in [0.1, 0.15) is 31.1 Å². The van der Waals surface area contributed by atoms with Crippen LogP contribution in [0.3, 0.4) is 0 Å². The summed E-state index contributed by atoms with van der Waals surface area (Å²) in [6.07, 6.45) is 2.88. The largest absolute Gasteiger partial charge is 0.480 e. The molecule has 17 heavy (non-hydrogen) atoms. The van der Waals surface area contributed by atoms with Gasteiger partial charge in [0.15, 0.2) is 0 Å². The fourth-order valence-electron chi connectivity index (χ4n) is 1.53. The Bertz CT molecular complexity index is 376. The van der Waals surface area contributed by atoms with E-state index in [1.165, 1.54) is 7.11 Å². The maximum absolute atomic E-state index is 10.7. The van der Waals surface area contributed by atoms with Crippen LogP contribution in [0.15, 0.2) is 4.52 Å². The molecule has 1 rings (SSSR count). The van der Waals surface area contributed by atoms with E-state index >= 15 is 0 Å². The molecule has 1 heterocycles. The number of carbonyl (C=O) groups is 1. The summed E-state index contributed by atoms with van der Waals surface area (Å²) in [5.41, 5.74) is 6.29. The summed E-state index contributed by atoms with van der Waals surface area (Å²) >= 11 is 0. The van der Waals surface area contributed by atoms with E-state index in [4.69, 9.17) is 20.1 Å². The highest BCUT2D eigenvalue weighted by Gasteiger charge is 2.21. The van der Waals surface area contributed by atoms with Crippen LogP contribution < -0.4 is 10.5 Å². The molecule has 6 heteroatoms. The molecule has 1 unspecified atom stereocenters. The van der Waals surface area contributed by atoms with E-state index in [9.17, 15) is 4.79 Å². The van der Waals surface area contributed by atoms with E-state index in [1.807, 2.05) is 0 Å². The Balaban J connectivity index is 2.83. The van der Waals surface area contributed by atoms with E-state index in [0.29, 0.717) is 11.6 Å². The Morgan fingerprint density at radius 2 is 2.35 bits per heavy atom. The van der Waals surface area contributed by atoms with Crippen LogP contribution in [0.2, 0.25) is 0 Å². The molecule has 1 aromatic rings. The van der Waals surface area contributed by atoms with E-state index in [-0.39, 0.29) is 6.42 Å². The number of hydrogen-bond acceptors (Lipinski definition) is 5. The average Bonchev–Trinajstić information content (AvgIpc) is 2.68. The lowest BCUT2D eigenvalue weighted by atomic mass is 10.0. The van der Waals surface area contributed by atoms with Crippen LogP contribution in [-0.4, -0.2) is 29.4 Å². The number of aliphatic carboxylic acids is 1. The van der Waals surface area contributed by atoms with Gasteiger partial charge in [-0.2, -0.15) is 0 Å². The number of aromatic nitrogens is 1. The highest BCUT2D eigenvalue weighted by Crippen LogP contribution is 2.24. The molecule has 96 valence electrons. The molecule has 0 aliphatic heterocycles. The molecule has 0 aliphatic rings. The Hall–Kier alpha value is -1.56. The number of rotatable bonds is 7. The third kappa shape index (κ3) is 3.45. The van der Waals surface area contributed by atoms with E-state index in [0.717, 1.165) is 24.8 Å². The summed E-state index contributed by atoms with van der Waals surface area (Å²) in [4.78, 5) is 10.7. The molecule has 0 bridgehead atoms. The van der Waals surface area contributed by atoms with Crippen molar-refractivity contribution in [1.29, 1.82) is 0 Å². The van der Waals surface area contributed by atoms with Gasteiger partial charge >= 0.3 is 5.97 Å². The number of ether oxygens (including phenoxy) is 1. The van der Waals surface area contributed by atoms with Crippen molar-refractivity contribution in [3.63, 3.8) is 0 Å². The zero-order valence-electron chi connectivity index (χ0n) is 10.1. The fraction of sp³-hybridized carbons (Fsp3) is 0.636. The number of carboxylic acid groups (broad SMARTS) is 1. The minimum atomic E-state index is -1.05. The standard InChI is InChI=1S/C11H18N2O4/c1-3-4-5-7-9(6-8(12)11(14)15)17-13-10(7)16-2/h8H,3-6,12H2,1-2H3,(H,14,15). The molecular weight excluding hydrogens is 224 g/mol. The van der Waals surface area contributed by atoms with E-state index in [1.54, 1.807) is 0 Å². The molecule has 1 atom stereocenters. The second kappa shape index (κ2) is 6.24. The van der Waals surface area contributed by atoms with Gasteiger partial charge in [0.1, 0.15) is 11.8 Å². The van der Waals surface area contributed by atoms with Gasteiger partial charge in [0.25, 0.3) is 5.88 Å². The van der Waals surface area contributed by atoms with Crippen molar-refractivity contribution in [2.24, 2.45) is 5.73 Å². The number of nitrogens with zero attached hydrogens (tertiary/aromatic N) is 1. The zero-order valence-corrected chi connectivity index (χ0v) is 10.1. The first kappa shape index (κ1) is 13.5. The average molecular weight is 242 g/mol. The molecule has 6 nitrogen and oxygen atoms in total. The lowest BCUT2D eigenvalue weighted by Gasteiger charge is -2.05. The Labute approximate surface area is 99.7 Å². The Morgan fingerprint density at radius 1 is 1.65 bits per heavy atom. The third-order valence-electron chi connectivity index (χ3n) is 2.53. The number of unbranched alkanes of at least 4 members (excludes halogenated alkanes) is 1. The van der Waals surface area contributed by atoms with Crippen LogP contribution in [-0.2, 0) is 17.6 Å². The normalized spacial score (nSPS) is 12.4. The zero-order chi connectivity index (χ0) is 12.8. The van der Waals surface area contributed by atoms with Crippen molar-refractivity contribution >= 4 is 5.97 Å². The van der Waals surface area contributed by atoms with Crippen LogP contribution >= 0.6 is 0 Å². The van der Waals surface area contributed by atoms with E-state index < -0.39 is 12.0 Å². The van der Waals surface area contributed by atoms with E-state index in [2.05, 4.69) is 12.1 Å². The molecule has 0 radical (unpaired) electrons. The first-order valence-corrected chi connectivity index (χ1v) is 5.59. The third-order valence-corrected chi connectivity index (χ3v) is 2.53. The lowest BCUT2D eigenvalue weighted by molar-refractivity contribution is -0.138. The van der Waals surface area contributed by atoms with Crippen molar-refractivity contribution < 1.29 is 19.2 Å². The topological polar surface area (TPSA) is 98.6 Å². The summed E-state index contributed by atoms with van der Waals surface area (Å²) < 4.78 is 10.2. The highest BCUT2D eigenvalue weighted by atomic mass is 16.5. The summed E-state index contributed by atoms with van der Waals surface area (Å²) in [5.74, 6) is -0.127. The van der Waals surface area contributed by atoms with Crippen LogP contribution in [0.4, 0.5) is 0 Å². The number of nitrogens with two attached hydrogens (primary N) is 1. The van der Waals surface area contributed by atoms with Gasteiger partial charge in [0, 0.05) is 6.42 Å². The SMILES string of the molecule is CCCCc1c(OC)noc1CC(N)C(=O)O. The van der Waals surface area contributed by atoms with Crippen molar-refractivity contribution in [3.8, 4) is 5.88 Å². The van der Waals surface area contributed by atoms with Gasteiger partial charge in [0.05, 0.1) is 12.7 Å². The predicted octanol–water partition coefficient (Wildman–Crippen LogP) is 0.980. The van der Waals surface area contributed by atoms with Crippen molar-refractivity contribution in [2.45, 2.75) is 38.6 Å². The summed E-state index contributed by atoms with van der Waals surface area (Å²) in [6.45, 7) is 2.07. The molecule has 1 aromatic heterocycles. The summed E-state index contributed by atoms with van der Waals surface area (Å²) in [5, 5.41) is 12.5. The quantitative estimate of drug-likeness (QED) is 0.739. The first-order chi connectivity index (χ1) is 8.10. The molecule has 0 amide bonds. The molecular formula is C11H18N2O4. The smallest absolute Gasteiger partial charge is 0.320 e. The van der Waals surface area contributed by atoms with Gasteiger partial charge in [-0.3, -0.25) is 4.79 Å². The Morgan fingerprint density at radius 3 is 2.88 bits per heavy atom. The van der Waals surface area contributed by atoms with Crippen LogP contribution in [0.25, 0.3) is 0 Å². The lowest BCUT2D eigenvalue weighted by Crippen LogP contribution is -2.32. The molecule has 0 saturated heterocycles. The summed E-state index contributed by atoms with van der Waals surface area (Å²) in [7, 11) is 1.51. The van der Waals surface area contributed by atoms with Crippen molar-refractivity contribution in [2.75, 3.05) is 7.11 Å². The van der Waals surface area contributed by atoms with Gasteiger partial charge in [-0.25, -0.2) is 0 Å². The fourth-order valence-corrected chi connectivity index (χ4v) is 1.53. The minimum Gasteiger partial charge on any atom is -0.480 e. The van der Waals surface area contributed by atoms with Crippen LogP contribution in [0, 0.1) is 0 Å². The molecule has 0 aromatic carbocycles. The number of carboxylic acids is 1. The molecule has 0 spiro atoms. The van der Waals surface area contributed by atoms with Gasteiger partial charge in [0.2, 0.25) is 0 Å². The van der Waals surface area contributed by atoms with Crippen LogP contribution in [0.5, 0.6) is 5.88 Å². The first-order valence-electron chi connectivity index (χ1n) is 5.59. The molecule has 0 saturated carbocycles. The maximum atomic E-state index is 10.7. The van der Waals surface area contributed by atoms with Gasteiger partial charge in [-0.05, 0) is 18.0 Å². The molecule has 0 fully saturated rings. The molecule has 0 aliphatic carbocycles. The maximum Gasteiger partial charge on any atom is 0.320 e. The highest BCUT2D eigenvalue weighted by molar-refractivity contribution is 5.73. The summed E-state index contributed by atoms with van der Waals surface area (Å²) in [6, 6.07) is -0.979. The van der Waals surface area contributed by atoms with Gasteiger partial charge in [-0.15, -0.1) is 0 Å². The minimum absolute atomic E-state index is 0.130. The Kier molecular flexibility index (Phi) is 4.96.